The molecule has 0 heterocycles. The van der Waals surface area contributed by atoms with E-state index in [9.17, 15) is 17.2 Å². The fourth-order valence-corrected chi connectivity index (χ4v) is 3.87. The number of sulfonamides is 1. The van der Waals surface area contributed by atoms with E-state index in [0.29, 0.717) is 5.56 Å². The SMILES string of the molecule is Cc1ccc(C(C)(C)C)cc1S(=O)(=O)Nc1ccc(OC(F)F)c(Cl)c1. The minimum atomic E-state index is -3.88. The molecule has 0 aromatic heterocycles. The summed E-state index contributed by atoms with van der Waals surface area (Å²) in [5.41, 5.74) is 1.41. The van der Waals surface area contributed by atoms with E-state index in [1.165, 1.54) is 18.2 Å². The summed E-state index contributed by atoms with van der Waals surface area (Å²) in [7, 11) is -3.88. The Morgan fingerprint density at radius 1 is 1.12 bits per heavy atom. The summed E-state index contributed by atoms with van der Waals surface area (Å²) in [5.74, 6) is -0.226. The molecule has 142 valence electrons. The second-order valence-electron chi connectivity index (χ2n) is 6.86. The zero-order valence-electron chi connectivity index (χ0n) is 14.8. The summed E-state index contributed by atoms with van der Waals surface area (Å²) in [6, 6.07) is 8.99. The first kappa shape index (κ1) is 20.5. The molecule has 0 aliphatic carbocycles. The van der Waals surface area contributed by atoms with Crippen molar-refractivity contribution in [1.82, 2.24) is 0 Å². The molecule has 0 fully saturated rings. The highest BCUT2D eigenvalue weighted by Crippen LogP contribution is 2.31. The Kier molecular flexibility index (Phi) is 5.82. The fraction of sp³-hybridized carbons (Fsp3) is 0.333. The van der Waals surface area contributed by atoms with E-state index in [1.54, 1.807) is 19.1 Å². The molecular formula is C18H20ClF2NO3S. The van der Waals surface area contributed by atoms with Crippen molar-refractivity contribution in [1.29, 1.82) is 0 Å². The molecular weight excluding hydrogens is 384 g/mol. The first-order valence-electron chi connectivity index (χ1n) is 7.78. The van der Waals surface area contributed by atoms with Crippen molar-refractivity contribution in [2.75, 3.05) is 4.72 Å². The number of hydrogen-bond acceptors (Lipinski definition) is 3. The van der Waals surface area contributed by atoms with Crippen LogP contribution in [0.1, 0.15) is 31.9 Å². The van der Waals surface area contributed by atoms with Gasteiger partial charge in [-0.05, 0) is 47.7 Å². The topological polar surface area (TPSA) is 55.4 Å². The van der Waals surface area contributed by atoms with Gasteiger partial charge < -0.3 is 4.74 Å². The van der Waals surface area contributed by atoms with Gasteiger partial charge in [0, 0.05) is 0 Å². The number of alkyl halides is 2. The fourth-order valence-electron chi connectivity index (χ4n) is 2.32. The lowest BCUT2D eigenvalue weighted by atomic mass is 9.87. The molecule has 0 aliphatic heterocycles. The van der Waals surface area contributed by atoms with Gasteiger partial charge >= 0.3 is 6.61 Å². The molecule has 8 heteroatoms. The molecule has 1 N–H and O–H groups in total. The van der Waals surface area contributed by atoms with Crippen molar-refractivity contribution in [3.05, 3.63) is 52.5 Å². The van der Waals surface area contributed by atoms with E-state index >= 15 is 0 Å². The summed E-state index contributed by atoms with van der Waals surface area (Å²) in [5, 5.41) is -0.120. The average molecular weight is 404 g/mol. The van der Waals surface area contributed by atoms with Crippen LogP contribution in [0.15, 0.2) is 41.3 Å². The van der Waals surface area contributed by atoms with Crippen molar-refractivity contribution >= 4 is 27.3 Å². The second-order valence-corrected chi connectivity index (χ2v) is 8.92. The number of halogens is 3. The van der Waals surface area contributed by atoms with E-state index in [-0.39, 0.29) is 26.8 Å². The summed E-state index contributed by atoms with van der Waals surface area (Å²) in [6.07, 6.45) is 0. The molecule has 0 spiro atoms. The predicted octanol–water partition coefficient (Wildman–Crippen LogP) is 5.35. The number of rotatable bonds is 5. The van der Waals surface area contributed by atoms with Gasteiger partial charge in [0.25, 0.3) is 10.0 Å². The molecule has 2 rings (SSSR count). The van der Waals surface area contributed by atoms with Crippen LogP contribution >= 0.6 is 11.6 Å². The van der Waals surface area contributed by atoms with Crippen LogP contribution in [0, 0.1) is 6.92 Å². The zero-order valence-corrected chi connectivity index (χ0v) is 16.4. The van der Waals surface area contributed by atoms with Crippen LogP contribution in [0.25, 0.3) is 0 Å². The van der Waals surface area contributed by atoms with Gasteiger partial charge in [-0.1, -0.05) is 44.5 Å². The maximum atomic E-state index is 12.8. The van der Waals surface area contributed by atoms with Gasteiger partial charge in [0.05, 0.1) is 15.6 Å². The third kappa shape index (κ3) is 4.86. The highest BCUT2D eigenvalue weighted by molar-refractivity contribution is 7.92. The Morgan fingerprint density at radius 2 is 1.77 bits per heavy atom. The Hall–Kier alpha value is -1.86. The number of hydrogen-bond donors (Lipinski definition) is 1. The first-order chi connectivity index (χ1) is 11.9. The van der Waals surface area contributed by atoms with Crippen molar-refractivity contribution in [3.63, 3.8) is 0 Å². The van der Waals surface area contributed by atoms with Crippen molar-refractivity contribution in [2.45, 2.75) is 44.6 Å². The molecule has 4 nitrogen and oxygen atoms in total. The summed E-state index contributed by atoms with van der Waals surface area (Å²) < 4.78 is 56.8. The van der Waals surface area contributed by atoms with Crippen molar-refractivity contribution in [3.8, 4) is 5.75 Å². The quantitative estimate of drug-likeness (QED) is 0.732. The molecule has 2 aromatic carbocycles. The van der Waals surface area contributed by atoms with Gasteiger partial charge in [-0.2, -0.15) is 8.78 Å². The van der Waals surface area contributed by atoms with E-state index in [1.807, 2.05) is 26.8 Å². The highest BCUT2D eigenvalue weighted by atomic mass is 35.5. The third-order valence-electron chi connectivity index (χ3n) is 3.74. The van der Waals surface area contributed by atoms with E-state index in [2.05, 4.69) is 9.46 Å². The van der Waals surface area contributed by atoms with Gasteiger partial charge in [-0.25, -0.2) is 8.42 Å². The molecule has 0 radical (unpaired) electrons. The Morgan fingerprint density at radius 3 is 2.31 bits per heavy atom. The molecule has 0 saturated heterocycles. The minimum absolute atomic E-state index is 0.120. The number of aryl methyl sites for hydroxylation is 1. The lowest BCUT2D eigenvalue weighted by Crippen LogP contribution is -2.17. The molecule has 0 atom stereocenters. The number of benzene rings is 2. The Bertz CT molecular complexity index is 909. The number of ether oxygens (including phenoxy) is 1. The summed E-state index contributed by atoms with van der Waals surface area (Å²) in [6.45, 7) is 4.65. The first-order valence-corrected chi connectivity index (χ1v) is 9.64. The van der Waals surface area contributed by atoms with Crippen LogP contribution in [0.3, 0.4) is 0 Å². The van der Waals surface area contributed by atoms with Gasteiger partial charge in [-0.15, -0.1) is 0 Å². The van der Waals surface area contributed by atoms with E-state index in [0.717, 1.165) is 5.56 Å². The molecule has 26 heavy (non-hydrogen) atoms. The van der Waals surface area contributed by atoms with Crippen LogP contribution in [0.2, 0.25) is 5.02 Å². The molecule has 0 aliphatic rings. The van der Waals surface area contributed by atoms with Crippen LogP contribution < -0.4 is 9.46 Å². The van der Waals surface area contributed by atoms with Crippen LogP contribution in [-0.4, -0.2) is 15.0 Å². The largest absolute Gasteiger partial charge is 0.433 e. The smallest absolute Gasteiger partial charge is 0.387 e. The summed E-state index contributed by atoms with van der Waals surface area (Å²) in [4.78, 5) is 0.147. The summed E-state index contributed by atoms with van der Waals surface area (Å²) >= 11 is 5.87. The minimum Gasteiger partial charge on any atom is -0.433 e. The highest BCUT2D eigenvalue weighted by Gasteiger charge is 2.22. The Balaban J connectivity index is 2.36. The average Bonchev–Trinajstić information content (AvgIpc) is 2.48. The zero-order chi connectivity index (χ0) is 19.7. The molecule has 0 amide bonds. The van der Waals surface area contributed by atoms with E-state index < -0.39 is 16.6 Å². The van der Waals surface area contributed by atoms with Gasteiger partial charge in [0.2, 0.25) is 0 Å². The predicted molar refractivity (Wildman–Crippen MR) is 98.8 cm³/mol. The van der Waals surface area contributed by atoms with Crippen LogP contribution in [0.4, 0.5) is 14.5 Å². The van der Waals surface area contributed by atoms with Gasteiger partial charge in [0.1, 0.15) is 5.75 Å². The van der Waals surface area contributed by atoms with Crippen molar-refractivity contribution < 1.29 is 21.9 Å². The maximum absolute atomic E-state index is 12.8. The van der Waals surface area contributed by atoms with Crippen LogP contribution in [-0.2, 0) is 15.4 Å². The second kappa shape index (κ2) is 7.40. The third-order valence-corrected chi connectivity index (χ3v) is 5.56. The maximum Gasteiger partial charge on any atom is 0.387 e. The molecule has 0 unspecified atom stereocenters. The van der Waals surface area contributed by atoms with E-state index in [4.69, 9.17) is 11.6 Å². The van der Waals surface area contributed by atoms with Crippen molar-refractivity contribution in [2.24, 2.45) is 0 Å². The molecule has 0 saturated carbocycles. The molecule has 2 aromatic rings. The normalized spacial score (nSPS) is 12.3. The standard InChI is InChI=1S/C18H20ClF2NO3S/c1-11-5-6-12(18(2,3)4)9-16(11)26(23,24)22-13-7-8-15(14(19)10-13)25-17(20)21/h5-10,17,22H,1-4H3. The molecule has 0 bridgehead atoms. The van der Waals surface area contributed by atoms with Gasteiger partial charge in [-0.3, -0.25) is 4.72 Å². The van der Waals surface area contributed by atoms with Gasteiger partial charge in [0.15, 0.2) is 0 Å². The number of nitrogens with one attached hydrogen (secondary N) is 1. The Labute approximate surface area is 157 Å². The van der Waals surface area contributed by atoms with Crippen LogP contribution in [0.5, 0.6) is 5.75 Å². The lowest BCUT2D eigenvalue weighted by molar-refractivity contribution is -0.0497. The monoisotopic (exact) mass is 403 g/mol. The lowest BCUT2D eigenvalue weighted by Gasteiger charge is -2.21. The number of anilines is 1.